The molecule has 1 heterocycles. The lowest BCUT2D eigenvalue weighted by atomic mass is 9.95. The van der Waals surface area contributed by atoms with E-state index in [1.807, 2.05) is 44.4 Å². The van der Waals surface area contributed by atoms with E-state index < -0.39 is 23.5 Å². The van der Waals surface area contributed by atoms with Crippen LogP contribution in [0.3, 0.4) is 0 Å². The van der Waals surface area contributed by atoms with Gasteiger partial charge in [-0.25, -0.2) is 0 Å². The zero-order valence-electron chi connectivity index (χ0n) is 17.3. The van der Waals surface area contributed by atoms with Gasteiger partial charge in [0, 0.05) is 18.5 Å². The Labute approximate surface area is 181 Å². The number of methoxy groups -OCH3 is 1. The number of carbonyl (C=O) groups excluding carboxylic acids is 2. The van der Waals surface area contributed by atoms with Crippen molar-refractivity contribution in [3.63, 3.8) is 0 Å². The molecule has 1 amide bonds. The second-order valence-electron chi connectivity index (χ2n) is 7.54. The van der Waals surface area contributed by atoms with E-state index in [2.05, 4.69) is 0 Å². The molecule has 1 fully saturated rings. The summed E-state index contributed by atoms with van der Waals surface area (Å²) in [4.78, 5) is 28.5. The van der Waals surface area contributed by atoms with Gasteiger partial charge < -0.3 is 19.6 Å². The minimum Gasteiger partial charge on any atom is -0.872 e. The summed E-state index contributed by atoms with van der Waals surface area (Å²) in [5.74, 6) is -1.45. The Morgan fingerprint density at radius 3 is 2.47 bits per heavy atom. The topological polar surface area (TPSA) is 74.1 Å². The van der Waals surface area contributed by atoms with Crippen LogP contribution in [0, 0.1) is 0 Å². The molecule has 30 heavy (non-hydrogen) atoms. The molecule has 1 saturated heterocycles. The molecular weight excluding hydrogens is 404 g/mol. The Morgan fingerprint density at radius 1 is 1.17 bits per heavy atom. The van der Waals surface area contributed by atoms with Crippen LogP contribution in [0.5, 0.6) is 5.75 Å². The number of quaternary nitrogens is 1. The summed E-state index contributed by atoms with van der Waals surface area (Å²) >= 11 is 6.17. The van der Waals surface area contributed by atoms with Crippen LogP contribution in [0.1, 0.15) is 23.6 Å². The highest BCUT2D eigenvalue weighted by Gasteiger charge is 2.43. The molecule has 0 bridgehead atoms. The number of hydrogen-bond acceptors (Lipinski definition) is 4. The minimum absolute atomic E-state index is 0.0374. The molecule has 1 atom stereocenters. The van der Waals surface area contributed by atoms with E-state index in [1.54, 1.807) is 12.1 Å². The van der Waals surface area contributed by atoms with Gasteiger partial charge >= 0.3 is 0 Å². The lowest BCUT2D eigenvalue weighted by molar-refractivity contribution is -0.858. The smallest absolute Gasteiger partial charge is 0.295 e. The van der Waals surface area contributed by atoms with Crippen molar-refractivity contribution in [2.45, 2.75) is 12.5 Å². The van der Waals surface area contributed by atoms with Crippen molar-refractivity contribution >= 4 is 29.1 Å². The molecule has 1 aliphatic heterocycles. The summed E-state index contributed by atoms with van der Waals surface area (Å²) < 4.78 is 5.13. The zero-order valence-corrected chi connectivity index (χ0v) is 18.0. The number of carbonyl (C=O) groups is 2. The number of Topliss-reactive ketones (excluding diaryl/α,β-unsaturated/α-hetero) is 1. The third-order valence-electron chi connectivity index (χ3n) is 5.13. The number of hydrogen-bond donors (Lipinski definition) is 1. The summed E-state index contributed by atoms with van der Waals surface area (Å²) in [7, 11) is 5.54. The van der Waals surface area contributed by atoms with E-state index in [9.17, 15) is 14.7 Å². The van der Waals surface area contributed by atoms with Crippen LogP contribution in [-0.4, -0.2) is 50.9 Å². The molecule has 1 aliphatic rings. The SMILES string of the molecule is COc1ccc(C([O-])=C2C(=O)C(=O)N(CCC[NH+](C)C)C2c2ccccc2)cc1Cl. The van der Waals surface area contributed by atoms with Crippen molar-refractivity contribution in [1.82, 2.24) is 4.90 Å². The van der Waals surface area contributed by atoms with Crippen LogP contribution >= 0.6 is 11.6 Å². The molecule has 0 aliphatic carbocycles. The molecule has 7 heteroatoms. The minimum atomic E-state index is -0.752. The predicted octanol–water partition coefficient (Wildman–Crippen LogP) is 1.11. The number of halogens is 1. The maximum Gasteiger partial charge on any atom is 0.295 e. The summed E-state index contributed by atoms with van der Waals surface area (Å²) in [5.41, 5.74) is 0.943. The van der Waals surface area contributed by atoms with E-state index in [1.165, 1.54) is 23.0 Å². The maximum atomic E-state index is 13.3. The fraction of sp³-hybridized carbons (Fsp3) is 0.304. The Hall–Kier alpha value is -2.83. The summed E-state index contributed by atoms with van der Waals surface area (Å²) in [6.07, 6.45) is 0.723. The highest BCUT2D eigenvalue weighted by molar-refractivity contribution is 6.46. The average Bonchev–Trinajstić information content (AvgIpc) is 2.98. The van der Waals surface area contributed by atoms with Crippen LogP contribution in [-0.2, 0) is 9.59 Å². The second-order valence-corrected chi connectivity index (χ2v) is 7.95. The first-order chi connectivity index (χ1) is 14.3. The highest BCUT2D eigenvalue weighted by Crippen LogP contribution is 2.39. The molecular formula is C23H25ClN2O4. The van der Waals surface area contributed by atoms with Gasteiger partial charge in [0.25, 0.3) is 5.91 Å². The van der Waals surface area contributed by atoms with Gasteiger partial charge in [-0.15, -0.1) is 0 Å². The molecule has 1 unspecified atom stereocenters. The van der Waals surface area contributed by atoms with Gasteiger partial charge in [0.1, 0.15) is 5.75 Å². The van der Waals surface area contributed by atoms with Gasteiger partial charge in [-0.2, -0.15) is 0 Å². The molecule has 0 spiro atoms. The van der Waals surface area contributed by atoms with Crippen molar-refractivity contribution < 1.29 is 24.3 Å². The number of nitrogens with zero attached hydrogens (tertiary/aromatic N) is 1. The molecule has 158 valence electrons. The maximum absolute atomic E-state index is 13.3. The van der Waals surface area contributed by atoms with Crippen molar-refractivity contribution in [3.8, 4) is 5.75 Å². The number of ether oxygens (including phenoxy) is 1. The molecule has 1 N–H and O–H groups in total. The van der Waals surface area contributed by atoms with Gasteiger partial charge in [0.15, 0.2) is 0 Å². The van der Waals surface area contributed by atoms with Gasteiger partial charge in [-0.05, 0) is 23.3 Å². The average molecular weight is 429 g/mol. The number of likely N-dealkylation sites (tertiary alicyclic amines) is 1. The van der Waals surface area contributed by atoms with E-state index in [4.69, 9.17) is 16.3 Å². The highest BCUT2D eigenvalue weighted by atomic mass is 35.5. The first-order valence-electron chi connectivity index (χ1n) is 9.79. The summed E-state index contributed by atoms with van der Waals surface area (Å²) in [6.45, 7) is 1.24. The van der Waals surface area contributed by atoms with Gasteiger partial charge in [-0.3, -0.25) is 9.59 Å². The number of rotatable bonds is 7. The molecule has 0 saturated carbocycles. The van der Waals surface area contributed by atoms with Crippen molar-refractivity contribution in [2.75, 3.05) is 34.3 Å². The van der Waals surface area contributed by atoms with E-state index in [0.717, 1.165) is 18.5 Å². The van der Waals surface area contributed by atoms with E-state index in [0.29, 0.717) is 12.3 Å². The third kappa shape index (κ3) is 4.35. The second kappa shape index (κ2) is 9.32. The Kier molecular flexibility index (Phi) is 6.80. The predicted molar refractivity (Wildman–Crippen MR) is 113 cm³/mol. The fourth-order valence-corrected chi connectivity index (χ4v) is 3.91. The Morgan fingerprint density at radius 2 is 1.87 bits per heavy atom. The lowest BCUT2D eigenvalue weighted by Gasteiger charge is -2.27. The quantitative estimate of drug-likeness (QED) is 0.407. The van der Waals surface area contributed by atoms with Crippen LogP contribution in [0.4, 0.5) is 0 Å². The van der Waals surface area contributed by atoms with Crippen LogP contribution in [0.25, 0.3) is 5.76 Å². The van der Waals surface area contributed by atoms with Crippen LogP contribution in [0.2, 0.25) is 5.02 Å². The summed E-state index contributed by atoms with van der Waals surface area (Å²) in [6, 6.07) is 13.1. The number of amides is 1. The zero-order chi connectivity index (χ0) is 21.8. The van der Waals surface area contributed by atoms with Crippen molar-refractivity contribution in [1.29, 1.82) is 0 Å². The molecule has 0 aromatic heterocycles. The van der Waals surface area contributed by atoms with Crippen LogP contribution < -0.4 is 14.7 Å². The van der Waals surface area contributed by atoms with E-state index in [-0.39, 0.29) is 16.2 Å². The van der Waals surface area contributed by atoms with E-state index >= 15 is 0 Å². The first kappa shape index (κ1) is 21.9. The van der Waals surface area contributed by atoms with Gasteiger partial charge in [0.05, 0.1) is 38.8 Å². The Balaban J connectivity index is 2.08. The molecule has 3 rings (SSSR count). The van der Waals surface area contributed by atoms with Crippen LogP contribution in [0.15, 0.2) is 54.1 Å². The fourth-order valence-electron chi connectivity index (χ4n) is 3.65. The number of ketones is 1. The largest absolute Gasteiger partial charge is 0.872 e. The number of nitrogens with one attached hydrogen (secondary N) is 1. The van der Waals surface area contributed by atoms with Gasteiger partial charge in [0.2, 0.25) is 5.78 Å². The third-order valence-corrected chi connectivity index (χ3v) is 5.43. The number of benzene rings is 2. The Bertz CT molecular complexity index is 972. The monoisotopic (exact) mass is 428 g/mol. The van der Waals surface area contributed by atoms with Crippen molar-refractivity contribution in [2.24, 2.45) is 0 Å². The lowest BCUT2D eigenvalue weighted by Crippen LogP contribution is -3.05. The molecule has 2 aromatic carbocycles. The first-order valence-corrected chi connectivity index (χ1v) is 10.2. The molecule has 2 aromatic rings. The molecule has 0 radical (unpaired) electrons. The normalized spacial score (nSPS) is 18.3. The van der Waals surface area contributed by atoms with Crippen molar-refractivity contribution in [3.05, 3.63) is 70.3 Å². The standard InChI is InChI=1S/C23H25ClN2O4/c1-25(2)12-7-13-26-20(15-8-5-4-6-9-15)19(22(28)23(26)29)21(27)16-10-11-18(30-3)17(24)14-16/h4-6,8-11,14,20,27H,7,12-13H2,1-3H3. The summed E-state index contributed by atoms with van der Waals surface area (Å²) in [5, 5.41) is 13.6. The van der Waals surface area contributed by atoms with Gasteiger partial charge in [-0.1, -0.05) is 53.8 Å². The molecule has 6 nitrogen and oxygen atoms in total.